The zero-order valence-corrected chi connectivity index (χ0v) is 29.5. The van der Waals surface area contributed by atoms with Crippen LogP contribution in [0.3, 0.4) is 0 Å². The summed E-state index contributed by atoms with van der Waals surface area (Å²) < 4.78 is 0. The van der Waals surface area contributed by atoms with Crippen molar-refractivity contribution < 1.29 is 48.1 Å². The number of halogens is 2. The molecule has 34 heavy (non-hydrogen) atoms. The van der Waals surface area contributed by atoms with E-state index in [9.17, 15) is 0 Å². The molecule has 0 saturated carbocycles. The van der Waals surface area contributed by atoms with Crippen LogP contribution < -0.4 is 24.8 Å². The van der Waals surface area contributed by atoms with E-state index in [4.69, 9.17) is 0 Å². The van der Waals surface area contributed by atoms with Crippen LogP contribution >= 0.6 is 0 Å². The average molecular weight is 603 g/mol. The summed E-state index contributed by atoms with van der Waals surface area (Å²) in [6.07, 6.45) is 0. The minimum absolute atomic E-state index is 0. The van der Waals surface area contributed by atoms with E-state index in [-0.39, 0.29) is 30.2 Å². The molecule has 0 aromatic heterocycles. The van der Waals surface area contributed by atoms with Gasteiger partial charge in [0.1, 0.15) is 0 Å². The third-order valence-electron chi connectivity index (χ3n) is 5.78. The summed E-state index contributed by atoms with van der Waals surface area (Å²) in [6.45, 7) is 32.0. The van der Waals surface area contributed by atoms with Gasteiger partial charge in [-0.1, -0.05) is 94.9 Å². The van der Waals surface area contributed by atoms with Crippen molar-refractivity contribution in [3.05, 3.63) is 57.6 Å². The Hall–Kier alpha value is 0.380. The van der Waals surface area contributed by atoms with Gasteiger partial charge < -0.3 is 24.8 Å². The van der Waals surface area contributed by atoms with Gasteiger partial charge in [-0.05, 0) is 23.7 Å². The van der Waals surface area contributed by atoms with Gasteiger partial charge in [-0.2, -0.15) is 45.5 Å². The predicted octanol–water partition coefficient (Wildman–Crippen LogP) is 4.34. The van der Waals surface area contributed by atoms with Crippen molar-refractivity contribution in [2.45, 2.75) is 132 Å². The zero-order chi connectivity index (χ0) is 25.3. The topological polar surface area (TPSA) is 0 Å². The molecular formula is C30H52Cl2SiZr-2. The Bertz CT molecular complexity index is 691. The molecule has 0 amide bonds. The molecule has 0 N–H and O–H groups in total. The predicted molar refractivity (Wildman–Crippen MR) is 146 cm³/mol. The van der Waals surface area contributed by atoms with Crippen molar-refractivity contribution in [1.82, 2.24) is 0 Å². The van der Waals surface area contributed by atoms with Gasteiger partial charge in [-0.3, -0.25) is 0 Å². The molecule has 0 spiro atoms. The van der Waals surface area contributed by atoms with E-state index >= 15 is 0 Å². The normalized spacial score (nSPS) is 10.8. The Labute approximate surface area is 241 Å². The summed E-state index contributed by atoms with van der Waals surface area (Å²) in [7, 11) is 0. The SMILES string of the molecule is CC(C)c1cc(C(C)C)c(C(C)C)[cH-]1.CC(C)c1cc(C(C)C)c(C(C)C)[cH-]1.C[Si](C)=[Zr+2].[Cl-].[Cl-]. The smallest absolute Gasteiger partial charge is 1.00 e. The second kappa shape index (κ2) is 18.6. The van der Waals surface area contributed by atoms with Gasteiger partial charge in [-0.15, -0.1) is 0 Å². The molecule has 0 unspecified atom stereocenters. The maximum Gasteiger partial charge on any atom is -1.00 e. The number of hydrogen-bond acceptors (Lipinski definition) is 0. The van der Waals surface area contributed by atoms with Crippen LogP contribution in [-0.4, -0.2) is 5.43 Å². The minimum Gasteiger partial charge on any atom is -1.00 e. The molecule has 4 heteroatoms. The van der Waals surface area contributed by atoms with Gasteiger partial charge >= 0.3 is 41.9 Å². The van der Waals surface area contributed by atoms with Crippen LogP contribution in [0.4, 0.5) is 0 Å². The van der Waals surface area contributed by atoms with Crippen molar-refractivity contribution in [3.63, 3.8) is 0 Å². The van der Waals surface area contributed by atoms with Crippen LogP contribution in [0.25, 0.3) is 0 Å². The summed E-state index contributed by atoms with van der Waals surface area (Å²) in [4.78, 5) is 0. The Morgan fingerprint density at radius 1 is 0.529 bits per heavy atom. The first-order valence-corrected chi connectivity index (χ1v) is 18.9. The van der Waals surface area contributed by atoms with Crippen LogP contribution in [-0.2, 0) is 23.3 Å². The van der Waals surface area contributed by atoms with Crippen LogP contribution in [0.5, 0.6) is 0 Å². The maximum atomic E-state index is 2.39. The molecule has 0 radical (unpaired) electrons. The summed E-state index contributed by atoms with van der Waals surface area (Å²) in [5, 5.41) is 0. The first kappa shape index (κ1) is 38.9. The fourth-order valence-electron chi connectivity index (χ4n) is 3.80. The standard InChI is InChI=1S/2C14H23.C2H6Si.2ClH.Zr/c2*1-9(2)12-7-13(10(3)4)14(8-12)11(5)6;1-3-2;;;/h2*7-11H,1-6H3;1-2H3;2*1H;/q2*-1;;;;+2/p-2. The molecule has 2 rings (SSSR count). The Balaban J connectivity index is -0.000000465. The molecule has 0 heterocycles. The zero-order valence-electron chi connectivity index (χ0n) is 24.5. The molecule has 0 bridgehead atoms. The molecular weight excluding hydrogens is 551 g/mol. The Morgan fingerprint density at radius 2 is 0.765 bits per heavy atom. The van der Waals surface area contributed by atoms with Crippen molar-refractivity contribution >= 4 is 5.43 Å². The largest absolute Gasteiger partial charge is 1.00 e. The van der Waals surface area contributed by atoms with E-state index in [1.807, 2.05) is 0 Å². The van der Waals surface area contributed by atoms with Crippen LogP contribution in [0.2, 0.25) is 13.1 Å². The molecule has 0 atom stereocenters. The van der Waals surface area contributed by atoms with Gasteiger partial charge in [0, 0.05) is 0 Å². The minimum atomic E-state index is 0. The molecule has 0 saturated heterocycles. The van der Waals surface area contributed by atoms with E-state index in [0.717, 1.165) is 0 Å². The molecule has 0 fully saturated rings. The number of hydrogen-bond donors (Lipinski definition) is 0. The molecule has 0 nitrogen and oxygen atoms in total. The summed E-state index contributed by atoms with van der Waals surface area (Å²) >= 11 is 1.74. The second-order valence-corrected chi connectivity index (χ2v) is 20.7. The molecule has 0 aliphatic heterocycles. The van der Waals surface area contributed by atoms with E-state index in [1.165, 1.54) is 11.1 Å². The van der Waals surface area contributed by atoms with Crippen LogP contribution in [0.1, 0.15) is 152 Å². The van der Waals surface area contributed by atoms with Gasteiger partial charge in [-0.25, -0.2) is 12.1 Å². The third-order valence-corrected chi connectivity index (χ3v) is 5.78. The average Bonchev–Trinajstić information content (AvgIpc) is 3.27. The Kier molecular flexibility index (Phi) is 21.3. The summed E-state index contributed by atoms with van der Waals surface area (Å²) in [5.41, 5.74) is 9.39. The van der Waals surface area contributed by atoms with E-state index in [2.05, 4.69) is 120 Å². The van der Waals surface area contributed by atoms with Gasteiger partial charge in [0.15, 0.2) is 0 Å². The maximum absolute atomic E-state index is 2.39. The molecule has 0 aliphatic rings. The first-order valence-electron chi connectivity index (χ1n) is 12.7. The monoisotopic (exact) mass is 600 g/mol. The fourth-order valence-corrected chi connectivity index (χ4v) is 3.80. The fraction of sp³-hybridized carbons (Fsp3) is 0.667. The first-order chi connectivity index (χ1) is 14.6. The van der Waals surface area contributed by atoms with Gasteiger partial charge in [0.05, 0.1) is 0 Å². The summed E-state index contributed by atoms with van der Waals surface area (Å²) in [5.74, 6) is 3.92. The molecule has 196 valence electrons. The van der Waals surface area contributed by atoms with Crippen molar-refractivity contribution in [1.29, 1.82) is 0 Å². The van der Waals surface area contributed by atoms with Crippen molar-refractivity contribution in [3.8, 4) is 0 Å². The van der Waals surface area contributed by atoms with Crippen LogP contribution in [0, 0.1) is 0 Å². The van der Waals surface area contributed by atoms with E-state index in [0.29, 0.717) is 35.5 Å². The third kappa shape index (κ3) is 13.6. The van der Waals surface area contributed by atoms with E-state index < -0.39 is 0 Å². The van der Waals surface area contributed by atoms with Crippen LogP contribution in [0.15, 0.2) is 24.3 Å². The van der Waals surface area contributed by atoms with Crippen molar-refractivity contribution in [2.24, 2.45) is 0 Å². The second-order valence-electron chi connectivity index (χ2n) is 11.3. The van der Waals surface area contributed by atoms with E-state index in [1.54, 1.807) is 45.6 Å². The quantitative estimate of drug-likeness (QED) is 0.341. The molecule has 2 aromatic carbocycles. The van der Waals surface area contributed by atoms with Gasteiger partial charge in [0.2, 0.25) is 0 Å². The van der Waals surface area contributed by atoms with Crippen molar-refractivity contribution in [2.75, 3.05) is 0 Å². The van der Waals surface area contributed by atoms with Gasteiger partial charge in [0.25, 0.3) is 0 Å². The molecule has 0 aliphatic carbocycles. The molecule has 2 aromatic rings. The Morgan fingerprint density at radius 3 is 0.882 bits per heavy atom. The number of rotatable bonds is 6. The summed E-state index contributed by atoms with van der Waals surface area (Å²) in [6, 6.07) is 9.57.